The van der Waals surface area contributed by atoms with Crippen LogP contribution >= 0.6 is 0 Å². The number of rotatable bonds is 2. The highest BCUT2D eigenvalue weighted by atomic mass is 32.2. The Bertz CT molecular complexity index is 844. The van der Waals surface area contributed by atoms with Gasteiger partial charge in [0.25, 0.3) is 20.2 Å². The Morgan fingerprint density at radius 1 is 0.850 bits per heavy atom. The highest BCUT2D eigenvalue weighted by Crippen LogP contribution is 2.38. The van der Waals surface area contributed by atoms with Crippen molar-refractivity contribution >= 4 is 36.7 Å². The molecule has 0 fully saturated rings. The van der Waals surface area contributed by atoms with Gasteiger partial charge in [0.2, 0.25) is 0 Å². The summed E-state index contributed by atoms with van der Waals surface area (Å²) in [6.07, 6.45) is 0. The molecule has 0 aliphatic carbocycles. The first-order valence-electron chi connectivity index (χ1n) is 5.02. The molecule has 5 N–H and O–H groups in total. The van der Waals surface area contributed by atoms with Crippen molar-refractivity contribution in [2.45, 2.75) is 9.79 Å². The van der Waals surface area contributed by atoms with Gasteiger partial charge in [-0.05, 0) is 17.5 Å². The first kappa shape index (κ1) is 14.5. The fourth-order valence-electron chi connectivity index (χ4n) is 1.82. The summed E-state index contributed by atoms with van der Waals surface area (Å²) in [7, 11) is -9.35. The third-order valence-corrected chi connectivity index (χ3v) is 4.48. The van der Waals surface area contributed by atoms with Crippen molar-refractivity contribution in [2.24, 2.45) is 0 Å². The van der Waals surface area contributed by atoms with Crippen LogP contribution < -0.4 is 5.73 Å². The van der Waals surface area contributed by atoms with Gasteiger partial charge in [-0.2, -0.15) is 16.8 Å². The molecule has 0 heterocycles. The average Bonchev–Trinajstić information content (AvgIpc) is 2.25. The third kappa shape index (κ3) is 2.29. The highest BCUT2D eigenvalue weighted by Gasteiger charge is 2.22. The molecule has 0 amide bonds. The maximum absolute atomic E-state index is 11.1. The number of fused-ring (bicyclic) bond motifs is 1. The summed E-state index contributed by atoms with van der Waals surface area (Å²) in [4.78, 5) is -1.49. The summed E-state index contributed by atoms with van der Waals surface area (Å²) in [5.41, 5.74) is 5.02. The number of phenolic OH excluding ortho intramolecular Hbond substituents is 1. The number of hydrogen-bond donors (Lipinski definition) is 4. The van der Waals surface area contributed by atoms with Crippen molar-refractivity contribution in [3.05, 3.63) is 24.3 Å². The van der Waals surface area contributed by atoms with Gasteiger partial charge in [-0.15, -0.1) is 0 Å². The molecule has 0 atom stereocenters. The van der Waals surface area contributed by atoms with E-state index in [-0.39, 0.29) is 10.8 Å². The minimum Gasteiger partial charge on any atom is -0.506 e. The molecule has 0 aliphatic heterocycles. The van der Waals surface area contributed by atoms with Crippen LogP contribution in [0.2, 0.25) is 0 Å². The zero-order valence-electron chi connectivity index (χ0n) is 9.68. The number of phenols is 1. The Morgan fingerprint density at radius 2 is 1.30 bits per heavy atom. The van der Waals surface area contributed by atoms with Crippen molar-refractivity contribution in [2.75, 3.05) is 5.73 Å². The first-order chi connectivity index (χ1) is 9.03. The Morgan fingerprint density at radius 3 is 1.75 bits per heavy atom. The van der Waals surface area contributed by atoms with Crippen molar-refractivity contribution in [3.63, 3.8) is 0 Å². The Kier molecular flexibility index (Phi) is 3.13. The molecule has 0 unspecified atom stereocenters. The Balaban J connectivity index is 3.01. The summed E-state index contributed by atoms with van der Waals surface area (Å²) < 4.78 is 62.3. The molecule has 10 heteroatoms. The van der Waals surface area contributed by atoms with Crippen molar-refractivity contribution < 1.29 is 31.0 Å². The molecular formula is C10H9NO7S2. The molecule has 0 spiro atoms. The highest BCUT2D eigenvalue weighted by molar-refractivity contribution is 7.86. The van der Waals surface area contributed by atoms with Crippen molar-refractivity contribution in [1.29, 1.82) is 0 Å². The minimum absolute atomic E-state index is 0.236. The van der Waals surface area contributed by atoms with E-state index >= 15 is 0 Å². The van der Waals surface area contributed by atoms with Crippen LogP contribution in [-0.2, 0) is 20.2 Å². The van der Waals surface area contributed by atoms with Gasteiger partial charge in [-0.3, -0.25) is 9.11 Å². The molecule has 2 aromatic carbocycles. The van der Waals surface area contributed by atoms with E-state index in [2.05, 4.69) is 0 Å². The molecule has 2 aromatic rings. The van der Waals surface area contributed by atoms with Crippen molar-refractivity contribution in [1.82, 2.24) is 0 Å². The molecule has 0 saturated heterocycles. The lowest BCUT2D eigenvalue weighted by Crippen LogP contribution is -2.05. The Labute approximate surface area is 114 Å². The molecule has 0 saturated carbocycles. The summed E-state index contributed by atoms with van der Waals surface area (Å²) >= 11 is 0. The predicted molar refractivity (Wildman–Crippen MR) is 69.7 cm³/mol. The lowest BCUT2D eigenvalue weighted by atomic mass is 10.1. The van der Waals surface area contributed by atoms with E-state index in [1.54, 1.807) is 0 Å². The van der Waals surface area contributed by atoms with Gasteiger partial charge in [0.15, 0.2) is 0 Å². The average molecular weight is 319 g/mol. The van der Waals surface area contributed by atoms with E-state index in [0.29, 0.717) is 0 Å². The maximum Gasteiger partial charge on any atom is 0.298 e. The monoisotopic (exact) mass is 319 g/mol. The molecule has 0 radical (unpaired) electrons. The quantitative estimate of drug-likeness (QED) is 0.463. The molecule has 108 valence electrons. The van der Waals surface area contributed by atoms with E-state index < -0.39 is 41.5 Å². The topological polar surface area (TPSA) is 155 Å². The molecular weight excluding hydrogens is 310 g/mol. The van der Waals surface area contributed by atoms with Gasteiger partial charge in [-0.1, -0.05) is 12.1 Å². The normalized spacial score (nSPS) is 12.7. The number of benzene rings is 2. The molecule has 0 aromatic heterocycles. The molecule has 8 nitrogen and oxygen atoms in total. The van der Waals surface area contributed by atoms with E-state index in [1.165, 1.54) is 12.1 Å². The molecule has 0 bridgehead atoms. The number of nitrogen functional groups attached to an aromatic ring is 1. The third-order valence-electron chi connectivity index (χ3n) is 2.68. The lowest BCUT2D eigenvalue weighted by molar-refractivity contribution is 0.448. The van der Waals surface area contributed by atoms with Gasteiger partial charge in [0, 0.05) is 5.39 Å². The van der Waals surface area contributed by atoms with Gasteiger partial charge in [0.05, 0.1) is 5.69 Å². The van der Waals surface area contributed by atoms with Crippen LogP contribution in [0.3, 0.4) is 0 Å². The fourth-order valence-corrected chi connectivity index (χ4v) is 3.03. The van der Waals surface area contributed by atoms with Crippen LogP contribution in [0.4, 0.5) is 5.69 Å². The fraction of sp³-hybridized carbons (Fsp3) is 0. The van der Waals surface area contributed by atoms with Crippen molar-refractivity contribution in [3.8, 4) is 5.75 Å². The molecule has 0 aliphatic rings. The summed E-state index contributed by atoms with van der Waals surface area (Å²) in [5.74, 6) is -0.895. The zero-order valence-corrected chi connectivity index (χ0v) is 11.3. The van der Waals surface area contributed by atoms with Crippen LogP contribution in [0.25, 0.3) is 10.8 Å². The number of hydrogen-bond acceptors (Lipinski definition) is 6. The lowest BCUT2D eigenvalue weighted by Gasteiger charge is -2.10. The zero-order chi connectivity index (χ0) is 15.3. The van der Waals surface area contributed by atoms with E-state index in [0.717, 1.165) is 12.1 Å². The molecule has 2 rings (SSSR count). The van der Waals surface area contributed by atoms with Gasteiger partial charge in [-0.25, -0.2) is 0 Å². The number of nitrogens with two attached hydrogens (primary N) is 1. The summed E-state index contributed by atoms with van der Waals surface area (Å²) in [6.45, 7) is 0. The summed E-state index contributed by atoms with van der Waals surface area (Å²) in [6, 6.07) is 4.41. The SMILES string of the molecule is Nc1c(S(=O)(=O)O)ccc2ccc(S(=O)(=O)O)c(O)c12. The largest absolute Gasteiger partial charge is 0.506 e. The van der Waals surface area contributed by atoms with E-state index in [9.17, 15) is 21.9 Å². The minimum atomic E-state index is -4.71. The smallest absolute Gasteiger partial charge is 0.298 e. The molecule has 20 heavy (non-hydrogen) atoms. The van der Waals surface area contributed by atoms with E-state index in [4.69, 9.17) is 14.8 Å². The van der Waals surface area contributed by atoms with Crippen LogP contribution in [0, 0.1) is 0 Å². The standard InChI is InChI=1S/C10H9NO7S2/c11-9-6(19(13,14)15)3-1-5-2-4-7(20(16,17)18)10(12)8(5)9/h1-4,12H,11H2,(H,13,14,15)(H,16,17,18). The number of anilines is 1. The second kappa shape index (κ2) is 4.31. The van der Waals surface area contributed by atoms with E-state index in [1.807, 2.05) is 0 Å². The van der Waals surface area contributed by atoms with Crippen LogP contribution in [-0.4, -0.2) is 31.0 Å². The maximum atomic E-state index is 11.1. The van der Waals surface area contributed by atoms with Gasteiger partial charge in [0.1, 0.15) is 15.5 Å². The number of aromatic hydroxyl groups is 1. The first-order valence-corrected chi connectivity index (χ1v) is 7.90. The Hall–Kier alpha value is -1.88. The second-order valence-corrected chi connectivity index (χ2v) is 6.72. The summed E-state index contributed by atoms with van der Waals surface area (Å²) in [5, 5.41) is 9.80. The van der Waals surface area contributed by atoms with Gasteiger partial charge >= 0.3 is 0 Å². The van der Waals surface area contributed by atoms with Crippen LogP contribution in [0.1, 0.15) is 0 Å². The van der Waals surface area contributed by atoms with Crippen LogP contribution in [0.5, 0.6) is 5.75 Å². The predicted octanol–water partition coefficient (Wildman–Crippen LogP) is 0.621. The van der Waals surface area contributed by atoms with Crippen LogP contribution in [0.15, 0.2) is 34.1 Å². The second-order valence-electron chi connectivity index (χ2n) is 3.94. The van der Waals surface area contributed by atoms with Gasteiger partial charge < -0.3 is 10.8 Å².